The fourth-order valence-electron chi connectivity index (χ4n) is 1.76. The van der Waals surface area contributed by atoms with Gasteiger partial charge in [0.15, 0.2) is 0 Å². The van der Waals surface area contributed by atoms with Gasteiger partial charge in [0.05, 0.1) is 11.0 Å². The fraction of sp³-hybridized carbons (Fsp3) is 0.333. The van der Waals surface area contributed by atoms with Crippen LogP contribution in [0.15, 0.2) is 18.2 Å². The van der Waals surface area contributed by atoms with E-state index in [2.05, 4.69) is 5.32 Å². The van der Waals surface area contributed by atoms with Crippen LogP contribution in [0.1, 0.15) is 19.4 Å². The van der Waals surface area contributed by atoms with Crippen molar-refractivity contribution >= 4 is 17.5 Å². The van der Waals surface area contributed by atoms with Gasteiger partial charge in [0.1, 0.15) is 17.0 Å². The van der Waals surface area contributed by atoms with Crippen LogP contribution in [0.25, 0.3) is 6.08 Å². The third kappa shape index (κ3) is 2.08. The molecular formula is C12H14N2O3. The lowest BCUT2D eigenvalue weighted by atomic mass is 10.0. The number of benzene rings is 1. The molecule has 2 rings (SSSR count). The first-order chi connectivity index (χ1) is 7.93. The van der Waals surface area contributed by atoms with Crippen molar-refractivity contribution in [2.45, 2.75) is 19.4 Å². The summed E-state index contributed by atoms with van der Waals surface area (Å²) in [4.78, 5) is 10.5. The molecule has 0 bridgehead atoms. The lowest BCUT2D eigenvalue weighted by Crippen LogP contribution is -2.27. The molecule has 0 atom stereocenters. The summed E-state index contributed by atoms with van der Waals surface area (Å²) >= 11 is 0. The number of nitrogens with one attached hydrogen (secondary N) is 1. The van der Waals surface area contributed by atoms with Crippen molar-refractivity contribution in [1.29, 1.82) is 0 Å². The Kier molecular flexibility index (Phi) is 2.53. The molecular weight excluding hydrogens is 220 g/mol. The van der Waals surface area contributed by atoms with Crippen LogP contribution in [0, 0.1) is 10.1 Å². The van der Waals surface area contributed by atoms with Gasteiger partial charge in [-0.15, -0.1) is 0 Å². The molecule has 17 heavy (non-hydrogen) atoms. The molecule has 1 aliphatic heterocycles. The average Bonchev–Trinajstić information content (AvgIpc) is 2.26. The van der Waals surface area contributed by atoms with Gasteiger partial charge in [-0.25, -0.2) is 0 Å². The van der Waals surface area contributed by atoms with Gasteiger partial charge >= 0.3 is 0 Å². The third-order valence-corrected chi connectivity index (χ3v) is 2.63. The Morgan fingerprint density at radius 3 is 2.71 bits per heavy atom. The van der Waals surface area contributed by atoms with E-state index in [0.717, 1.165) is 5.56 Å². The maximum absolute atomic E-state index is 10.9. The van der Waals surface area contributed by atoms with Crippen LogP contribution in [0.4, 0.5) is 11.4 Å². The zero-order valence-electron chi connectivity index (χ0n) is 9.98. The summed E-state index contributed by atoms with van der Waals surface area (Å²) in [6.45, 7) is 3.81. The van der Waals surface area contributed by atoms with Crippen molar-refractivity contribution < 1.29 is 9.66 Å². The number of ether oxygens (including phenoxy) is 1. The Morgan fingerprint density at radius 2 is 2.12 bits per heavy atom. The number of fused-ring (bicyclic) bond motifs is 1. The predicted octanol–water partition coefficient (Wildman–Crippen LogP) is 2.82. The lowest BCUT2D eigenvalue weighted by molar-refractivity contribution is -0.384. The molecule has 1 N–H and O–H groups in total. The molecule has 0 fully saturated rings. The summed E-state index contributed by atoms with van der Waals surface area (Å²) in [5.74, 6) is 0.545. The second kappa shape index (κ2) is 3.76. The number of hydrogen-bond donors (Lipinski definition) is 1. The summed E-state index contributed by atoms with van der Waals surface area (Å²) in [5.41, 5.74) is 0.931. The Labute approximate surface area is 99.2 Å². The van der Waals surface area contributed by atoms with Crippen molar-refractivity contribution in [2.24, 2.45) is 0 Å². The van der Waals surface area contributed by atoms with E-state index < -0.39 is 10.5 Å². The molecule has 0 aromatic heterocycles. The maximum Gasteiger partial charge on any atom is 0.296 e. The van der Waals surface area contributed by atoms with E-state index in [0.29, 0.717) is 11.4 Å². The van der Waals surface area contributed by atoms with E-state index in [1.807, 2.05) is 26.0 Å². The second-order valence-corrected chi connectivity index (χ2v) is 4.45. The van der Waals surface area contributed by atoms with Gasteiger partial charge in [0, 0.05) is 12.6 Å². The molecule has 0 spiro atoms. The highest BCUT2D eigenvalue weighted by molar-refractivity contribution is 5.73. The highest BCUT2D eigenvalue weighted by Gasteiger charge is 2.25. The molecule has 5 nitrogen and oxygen atoms in total. The first-order valence-corrected chi connectivity index (χ1v) is 5.31. The molecule has 0 unspecified atom stereocenters. The summed E-state index contributed by atoms with van der Waals surface area (Å²) in [7, 11) is 1.66. The number of nitrogens with zero attached hydrogens (tertiary/aromatic N) is 1. The Hall–Kier alpha value is -2.04. The molecule has 0 saturated heterocycles. The number of nitro benzene ring substituents is 1. The molecule has 1 aromatic carbocycles. The molecule has 0 aliphatic carbocycles. The maximum atomic E-state index is 10.9. The Balaban J connectivity index is 2.55. The number of rotatable bonds is 2. The average molecular weight is 234 g/mol. The van der Waals surface area contributed by atoms with Gasteiger partial charge in [-0.2, -0.15) is 0 Å². The Bertz CT molecular complexity index is 507. The molecule has 0 radical (unpaired) electrons. The first-order valence-electron chi connectivity index (χ1n) is 5.31. The highest BCUT2D eigenvalue weighted by atomic mass is 16.6. The smallest absolute Gasteiger partial charge is 0.296 e. The van der Waals surface area contributed by atoms with Crippen LogP contribution in [-0.4, -0.2) is 17.6 Å². The molecule has 1 aliphatic rings. The van der Waals surface area contributed by atoms with E-state index in [9.17, 15) is 10.1 Å². The first kappa shape index (κ1) is 11.4. The summed E-state index contributed by atoms with van der Waals surface area (Å²) in [5, 5.41) is 13.7. The van der Waals surface area contributed by atoms with Crippen LogP contribution in [0.5, 0.6) is 5.75 Å². The van der Waals surface area contributed by atoms with Crippen molar-refractivity contribution in [3.63, 3.8) is 0 Å². The number of hydrogen-bond acceptors (Lipinski definition) is 4. The summed E-state index contributed by atoms with van der Waals surface area (Å²) < 4.78 is 5.69. The highest BCUT2D eigenvalue weighted by Crippen LogP contribution is 2.37. The van der Waals surface area contributed by atoms with Crippen LogP contribution in [0.2, 0.25) is 0 Å². The quantitative estimate of drug-likeness (QED) is 0.631. The topological polar surface area (TPSA) is 64.4 Å². The number of nitro groups is 1. The lowest BCUT2D eigenvalue weighted by Gasteiger charge is -2.27. The minimum Gasteiger partial charge on any atom is -0.483 e. The predicted molar refractivity (Wildman–Crippen MR) is 66.4 cm³/mol. The number of anilines is 1. The van der Waals surface area contributed by atoms with Crippen LogP contribution < -0.4 is 10.1 Å². The Morgan fingerprint density at radius 1 is 1.41 bits per heavy atom. The molecule has 0 saturated carbocycles. The molecule has 90 valence electrons. The van der Waals surface area contributed by atoms with E-state index >= 15 is 0 Å². The van der Waals surface area contributed by atoms with Crippen molar-refractivity contribution in [3.8, 4) is 5.75 Å². The van der Waals surface area contributed by atoms with Crippen molar-refractivity contribution in [2.75, 3.05) is 12.4 Å². The van der Waals surface area contributed by atoms with Crippen molar-refractivity contribution in [1.82, 2.24) is 0 Å². The minimum atomic E-state index is -0.429. The fourth-order valence-corrected chi connectivity index (χ4v) is 1.76. The van der Waals surface area contributed by atoms with E-state index in [-0.39, 0.29) is 5.69 Å². The monoisotopic (exact) mass is 234 g/mol. The molecule has 1 aromatic rings. The van der Waals surface area contributed by atoms with E-state index in [4.69, 9.17) is 4.74 Å². The summed E-state index contributed by atoms with van der Waals surface area (Å²) in [6, 6.07) is 3.19. The SMILES string of the molecule is CNc1cc2c(cc1[N+](=O)[O-])OC(C)(C)C=C2. The normalized spacial score (nSPS) is 15.9. The summed E-state index contributed by atoms with van der Waals surface area (Å²) in [6.07, 6.45) is 3.85. The van der Waals surface area contributed by atoms with Gasteiger partial charge < -0.3 is 10.1 Å². The zero-order valence-corrected chi connectivity index (χ0v) is 9.98. The van der Waals surface area contributed by atoms with Gasteiger partial charge in [0.2, 0.25) is 0 Å². The standard InChI is InChI=1S/C12H14N2O3/c1-12(2)5-4-8-6-9(13-3)10(14(15)16)7-11(8)17-12/h4-7,13H,1-3H3. The van der Waals surface area contributed by atoms with Crippen molar-refractivity contribution in [3.05, 3.63) is 33.9 Å². The van der Waals surface area contributed by atoms with Gasteiger partial charge in [-0.3, -0.25) is 10.1 Å². The molecule has 0 amide bonds. The molecule has 5 heteroatoms. The zero-order chi connectivity index (χ0) is 12.6. The third-order valence-electron chi connectivity index (χ3n) is 2.63. The minimum absolute atomic E-state index is 0.0253. The van der Waals surface area contributed by atoms with Gasteiger partial charge in [-0.1, -0.05) is 6.08 Å². The van der Waals surface area contributed by atoms with Crippen LogP contribution >= 0.6 is 0 Å². The van der Waals surface area contributed by atoms with E-state index in [1.165, 1.54) is 6.07 Å². The van der Waals surface area contributed by atoms with Gasteiger partial charge in [0.25, 0.3) is 5.69 Å². The largest absolute Gasteiger partial charge is 0.483 e. The van der Waals surface area contributed by atoms with Gasteiger partial charge in [-0.05, 0) is 26.0 Å². The molecule has 1 heterocycles. The van der Waals surface area contributed by atoms with E-state index in [1.54, 1.807) is 13.1 Å². The second-order valence-electron chi connectivity index (χ2n) is 4.45. The van der Waals surface area contributed by atoms with Crippen LogP contribution in [-0.2, 0) is 0 Å². The van der Waals surface area contributed by atoms with Crippen LogP contribution in [0.3, 0.4) is 0 Å².